The highest BCUT2D eigenvalue weighted by molar-refractivity contribution is 5.79. The highest BCUT2D eigenvalue weighted by Gasteiger charge is 2.92. The summed E-state index contributed by atoms with van der Waals surface area (Å²) in [5.74, 6) is 0.418. The van der Waals surface area contributed by atoms with Gasteiger partial charge in [-0.25, -0.2) is 0 Å². The zero-order valence-electron chi connectivity index (χ0n) is 23.9. The molecule has 0 aromatic carbocycles. The minimum Gasteiger partial charge on any atom is -0.481 e. The molecular formula is C33H49NO3. The van der Waals surface area contributed by atoms with E-state index >= 15 is 0 Å². The first-order valence-corrected chi connectivity index (χ1v) is 15.2. The van der Waals surface area contributed by atoms with Crippen molar-refractivity contribution < 1.29 is 15.0 Å². The molecule has 0 aromatic rings. The Balaban J connectivity index is 1.32. The molecule has 0 bridgehead atoms. The van der Waals surface area contributed by atoms with Crippen molar-refractivity contribution in [3.8, 4) is 0 Å². The van der Waals surface area contributed by atoms with E-state index in [-0.39, 0.29) is 38.2 Å². The van der Waals surface area contributed by atoms with Crippen molar-refractivity contribution >= 4 is 5.97 Å². The molecule has 37 heavy (non-hydrogen) atoms. The summed E-state index contributed by atoms with van der Waals surface area (Å²) < 4.78 is 0. The van der Waals surface area contributed by atoms with Gasteiger partial charge in [0, 0.05) is 5.54 Å². The monoisotopic (exact) mass is 507 g/mol. The van der Waals surface area contributed by atoms with Crippen LogP contribution >= 0.6 is 0 Å². The van der Waals surface area contributed by atoms with Crippen LogP contribution in [0.1, 0.15) is 112 Å². The first-order chi connectivity index (χ1) is 17.2. The van der Waals surface area contributed by atoms with Crippen LogP contribution in [-0.2, 0) is 4.79 Å². The zero-order valence-corrected chi connectivity index (χ0v) is 23.9. The van der Waals surface area contributed by atoms with Gasteiger partial charge in [0.15, 0.2) is 0 Å². The van der Waals surface area contributed by atoms with Crippen molar-refractivity contribution in [2.45, 2.75) is 128 Å². The van der Waals surface area contributed by atoms with E-state index in [1.54, 1.807) is 0 Å². The van der Waals surface area contributed by atoms with E-state index in [1.807, 2.05) is 6.08 Å². The Morgan fingerprint density at radius 1 is 0.973 bits per heavy atom. The van der Waals surface area contributed by atoms with Crippen LogP contribution in [0.15, 0.2) is 24.8 Å². The smallest absolute Gasteiger partial charge is 0.310 e. The quantitative estimate of drug-likeness (QED) is 0.294. The molecule has 1 unspecified atom stereocenters. The topological polar surface area (TPSA) is 79.5 Å². The summed E-state index contributed by atoms with van der Waals surface area (Å²) in [6, 6.07) is 0. The number of carboxylic acids is 1. The number of carbonyl (C=O) groups is 1. The third-order valence-corrected chi connectivity index (χ3v) is 16.1. The number of fused-ring (bicyclic) bond motifs is 3. The van der Waals surface area contributed by atoms with Crippen LogP contribution in [-0.4, -0.2) is 32.9 Å². The van der Waals surface area contributed by atoms with Crippen LogP contribution in [0.3, 0.4) is 0 Å². The maximum atomic E-state index is 13.1. The molecule has 0 radical (unpaired) electrons. The summed E-state index contributed by atoms with van der Waals surface area (Å²) in [4.78, 5) is 13.1. The van der Waals surface area contributed by atoms with E-state index in [9.17, 15) is 15.0 Å². The van der Waals surface area contributed by atoms with Crippen molar-refractivity contribution in [1.29, 1.82) is 0 Å². The minimum atomic E-state index is -0.715. The molecule has 7 aliphatic rings. The van der Waals surface area contributed by atoms with Crippen LogP contribution in [0.2, 0.25) is 0 Å². The molecule has 3 spiro atoms. The Hall–Kier alpha value is -1.13. The molecule has 0 aromatic heterocycles. The van der Waals surface area contributed by atoms with Gasteiger partial charge in [-0.2, -0.15) is 0 Å². The van der Waals surface area contributed by atoms with Crippen LogP contribution in [0, 0.1) is 44.3 Å². The lowest BCUT2D eigenvalue weighted by molar-refractivity contribution is -0.230. The molecule has 7 fully saturated rings. The second kappa shape index (κ2) is 6.43. The number of allylic oxidation sites excluding steroid dienone is 1. The van der Waals surface area contributed by atoms with E-state index in [2.05, 4.69) is 53.1 Å². The van der Waals surface area contributed by atoms with Crippen molar-refractivity contribution in [2.24, 2.45) is 44.3 Å². The number of aliphatic hydroxyl groups is 1. The van der Waals surface area contributed by atoms with E-state index in [4.69, 9.17) is 0 Å². The fourth-order valence-electron chi connectivity index (χ4n) is 14.1. The van der Waals surface area contributed by atoms with E-state index in [0.717, 1.165) is 51.4 Å². The molecule has 1 heterocycles. The van der Waals surface area contributed by atoms with Gasteiger partial charge >= 0.3 is 5.97 Å². The number of hydrogen-bond donors (Lipinski definition) is 3. The minimum absolute atomic E-state index is 0.00459. The first-order valence-electron chi connectivity index (χ1n) is 15.2. The fraction of sp³-hybridized carbons (Fsp3) is 0.848. The summed E-state index contributed by atoms with van der Waals surface area (Å²) in [6.45, 7) is 20.6. The van der Waals surface area contributed by atoms with Gasteiger partial charge in [-0.3, -0.25) is 10.1 Å². The van der Waals surface area contributed by atoms with Crippen LogP contribution in [0.4, 0.5) is 0 Å². The second-order valence-corrected chi connectivity index (χ2v) is 16.0. The van der Waals surface area contributed by atoms with Crippen LogP contribution < -0.4 is 5.32 Å². The molecule has 6 saturated carbocycles. The maximum Gasteiger partial charge on any atom is 0.310 e. The largest absolute Gasteiger partial charge is 0.481 e. The molecule has 1 saturated heterocycles. The Bertz CT molecular complexity index is 1150. The molecule has 204 valence electrons. The highest BCUT2D eigenvalue weighted by Crippen LogP contribution is 2.95. The Labute approximate surface area is 223 Å². The van der Waals surface area contributed by atoms with E-state index in [1.165, 1.54) is 24.8 Å². The van der Waals surface area contributed by atoms with Crippen molar-refractivity contribution in [2.75, 3.05) is 0 Å². The molecule has 6 aliphatic carbocycles. The van der Waals surface area contributed by atoms with Gasteiger partial charge in [-0.1, -0.05) is 39.0 Å². The summed E-state index contributed by atoms with van der Waals surface area (Å²) >= 11 is 0. The Kier molecular flexibility index (Phi) is 4.32. The molecular weight excluding hydrogens is 458 g/mol. The van der Waals surface area contributed by atoms with Crippen LogP contribution in [0.25, 0.3) is 0 Å². The van der Waals surface area contributed by atoms with Gasteiger partial charge in [0.05, 0.1) is 16.6 Å². The molecule has 11 atom stereocenters. The third-order valence-electron chi connectivity index (χ3n) is 16.1. The van der Waals surface area contributed by atoms with Gasteiger partial charge in [0.1, 0.15) is 0 Å². The normalized spacial score (nSPS) is 62.5. The summed E-state index contributed by atoms with van der Waals surface area (Å²) in [7, 11) is 0. The summed E-state index contributed by atoms with van der Waals surface area (Å²) in [5, 5.41) is 26.5. The predicted molar refractivity (Wildman–Crippen MR) is 146 cm³/mol. The average molecular weight is 508 g/mol. The van der Waals surface area contributed by atoms with Crippen molar-refractivity contribution in [3.05, 3.63) is 24.8 Å². The van der Waals surface area contributed by atoms with Crippen molar-refractivity contribution in [3.63, 3.8) is 0 Å². The van der Waals surface area contributed by atoms with Gasteiger partial charge in [-0.05, 0) is 130 Å². The lowest BCUT2D eigenvalue weighted by Gasteiger charge is -2.71. The lowest BCUT2D eigenvalue weighted by Crippen LogP contribution is -2.69. The molecule has 0 amide bonds. The van der Waals surface area contributed by atoms with Gasteiger partial charge in [0.2, 0.25) is 0 Å². The first kappa shape index (κ1) is 24.9. The summed E-state index contributed by atoms with van der Waals surface area (Å²) in [6.07, 6.45) is 13.9. The zero-order chi connectivity index (χ0) is 26.7. The van der Waals surface area contributed by atoms with Gasteiger partial charge in [0.25, 0.3) is 0 Å². The van der Waals surface area contributed by atoms with Gasteiger partial charge < -0.3 is 10.2 Å². The summed E-state index contributed by atoms with van der Waals surface area (Å²) in [5.41, 5.74) is 0.187. The number of carboxylic acid groups (broad SMARTS) is 1. The SMILES string of the molecule is C=CC[C@]1(O)CC[C@]2(C)[C@H]3CC[C@@]45C[C@]46[C@H](C(=C)C)CC[C@]6(C(=O)O)CC[C@@]5(C)[C@]3(C)CC[C@]23NC13C. The van der Waals surface area contributed by atoms with E-state index in [0.29, 0.717) is 18.3 Å². The molecule has 3 N–H and O–H groups in total. The molecule has 4 heteroatoms. The fourth-order valence-corrected chi connectivity index (χ4v) is 14.1. The molecule has 7 rings (SSSR count). The second-order valence-electron chi connectivity index (χ2n) is 16.0. The molecule has 1 aliphatic heterocycles. The molecule has 4 nitrogen and oxygen atoms in total. The number of hydrogen-bond acceptors (Lipinski definition) is 3. The van der Waals surface area contributed by atoms with Gasteiger partial charge in [-0.15, -0.1) is 6.58 Å². The third kappa shape index (κ3) is 2.07. The number of nitrogens with one attached hydrogen (secondary N) is 1. The number of rotatable bonds is 4. The van der Waals surface area contributed by atoms with E-state index < -0.39 is 17.0 Å². The number of aliphatic carboxylic acids is 1. The van der Waals surface area contributed by atoms with Crippen molar-refractivity contribution in [1.82, 2.24) is 5.32 Å². The Morgan fingerprint density at radius 3 is 2.32 bits per heavy atom. The standard InChI is InChI=1S/C33H49NO3/c1-8-11-31(37)18-14-26(5)23-10-13-30-20-32(30)22(21(2)3)9-12-29(32,24(35)36)17-16-27(30,6)25(23,4)15-19-33(26)28(31,7)34-33/h8,22-23,34,37H,1-2,9-20H2,3-7H3,(H,35,36)/t22-,23-,25+,26+,27-,28?,29+,30-,31-,32+,33-/m0/s1. The lowest BCUT2D eigenvalue weighted by atomic mass is 9.32. The van der Waals surface area contributed by atoms with Crippen LogP contribution in [0.5, 0.6) is 0 Å². The maximum absolute atomic E-state index is 13.1. The predicted octanol–water partition coefficient (Wildman–Crippen LogP) is 6.64. The Morgan fingerprint density at radius 2 is 1.68 bits per heavy atom. The average Bonchev–Trinajstić information content (AvgIpc) is 3.64. The highest BCUT2D eigenvalue weighted by atomic mass is 16.4.